The van der Waals surface area contributed by atoms with Gasteiger partial charge in [-0.15, -0.1) is 10.2 Å². The fourth-order valence-electron chi connectivity index (χ4n) is 3.70. The van der Waals surface area contributed by atoms with E-state index in [0.717, 1.165) is 29.7 Å². The van der Waals surface area contributed by atoms with Crippen LogP contribution in [0.5, 0.6) is 11.6 Å². The molecule has 0 unspecified atom stereocenters. The number of fused-ring (bicyclic) bond motifs is 1. The summed E-state index contributed by atoms with van der Waals surface area (Å²) in [6, 6.07) is 11.8. The van der Waals surface area contributed by atoms with Gasteiger partial charge in [-0.3, -0.25) is 4.68 Å². The molecule has 1 saturated carbocycles. The van der Waals surface area contributed by atoms with Crippen LogP contribution < -0.4 is 9.47 Å². The first-order chi connectivity index (χ1) is 16.6. The van der Waals surface area contributed by atoms with Gasteiger partial charge in [-0.05, 0) is 12.8 Å². The van der Waals surface area contributed by atoms with Gasteiger partial charge in [-0.1, -0.05) is 30.3 Å². The molecule has 5 aromatic rings. The minimum Gasteiger partial charge on any atom is -0.485 e. The second-order valence-electron chi connectivity index (χ2n) is 8.13. The highest BCUT2D eigenvalue weighted by Gasteiger charge is 2.27. The molecule has 0 radical (unpaired) electrons. The number of hydrogen-bond donors (Lipinski definition) is 0. The second-order valence-corrected chi connectivity index (χ2v) is 8.13. The minimum atomic E-state index is 0.0750. The van der Waals surface area contributed by atoms with Crippen molar-refractivity contribution in [2.75, 3.05) is 0 Å². The molecule has 1 aliphatic rings. The largest absolute Gasteiger partial charge is 0.485 e. The molecule has 1 aliphatic carbocycles. The van der Waals surface area contributed by atoms with Crippen LogP contribution in [0.25, 0.3) is 33.5 Å². The van der Waals surface area contributed by atoms with Gasteiger partial charge in [0.15, 0.2) is 12.4 Å². The molecule has 170 valence electrons. The predicted molar refractivity (Wildman–Crippen MR) is 122 cm³/mol. The normalized spacial score (nSPS) is 13.4. The zero-order valence-electron chi connectivity index (χ0n) is 18.7. The minimum absolute atomic E-state index is 0.0750. The van der Waals surface area contributed by atoms with E-state index in [1.807, 2.05) is 49.6 Å². The average molecular weight is 455 g/mol. The Balaban J connectivity index is 1.46. The maximum absolute atomic E-state index is 6.07. The van der Waals surface area contributed by atoms with Crippen LogP contribution >= 0.6 is 0 Å². The summed E-state index contributed by atoms with van der Waals surface area (Å²) >= 11 is 0. The first kappa shape index (κ1) is 20.3. The van der Waals surface area contributed by atoms with Crippen LogP contribution in [0.15, 0.2) is 53.3 Å². The van der Waals surface area contributed by atoms with Crippen LogP contribution in [0.3, 0.4) is 0 Å². The van der Waals surface area contributed by atoms with E-state index >= 15 is 0 Å². The van der Waals surface area contributed by atoms with Gasteiger partial charge < -0.3 is 13.9 Å². The van der Waals surface area contributed by atoms with Crippen molar-refractivity contribution >= 4 is 11.0 Å². The van der Waals surface area contributed by atoms with E-state index in [9.17, 15) is 0 Å². The number of nitrogens with zero attached hydrogens (tertiary/aromatic N) is 7. The molecule has 0 atom stereocenters. The molecule has 10 heteroatoms. The predicted octanol–water partition coefficient (Wildman–Crippen LogP) is 3.90. The van der Waals surface area contributed by atoms with Crippen LogP contribution in [-0.4, -0.2) is 41.0 Å². The Morgan fingerprint density at radius 3 is 2.71 bits per heavy atom. The second kappa shape index (κ2) is 8.22. The Morgan fingerprint density at radius 1 is 1.09 bits per heavy atom. The summed E-state index contributed by atoms with van der Waals surface area (Å²) in [5, 5.41) is 12.5. The number of hydrogen-bond acceptors (Lipinski definition) is 9. The first-order valence-electron chi connectivity index (χ1n) is 11.0. The molecule has 1 fully saturated rings. The molecule has 4 aromatic heterocycles. The van der Waals surface area contributed by atoms with Crippen LogP contribution in [-0.2, 0) is 13.7 Å². The van der Waals surface area contributed by atoms with Crippen molar-refractivity contribution in [2.24, 2.45) is 7.05 Å². The molecule has 0 bridgehead atoms. The molecule has 6 rings (SSSR count). The highest BCUT2D eigenvalue weighted by molar-refractivity contribution is 5.94. The quantitative estimate of drug-likeness (QED) is 0.360. The van der Waals surface area contributed by atoms with Crippen molar-refractivity contribution in [2.45, 2.75) is 32.5 Å². The van der Waals surface area contributed by atoms with Crippen LogP contribution in [0.2, 0.25) is 0 Å². The van der Waals surface area contributed by atoms with Gasteiger partial charge >= 0.3 is 0 Å². The van der Waals surface area contributed by atoms with E-state index in [0.29, 0.717) is 40.1 Å². The fourth-order valence-corrected chi connectivity index (χ4v) is 3.70. The molecular weight excluding hydrogens is 434 g/mol. The Kier molecular flexibility index (Phi) is 4.90. The van der Waals surface area contributed by atoms with Gasteiger partial charge in [0, 0.05) is 37.4 Å². The third-order valence-electron chi connectivity index (χ3n) is 5.39. The molecule has 0 saturated heterocycles. The number of pyridine rings is 1. The maximum atomic E-state index is 6.07. The molecule has 0 amide bonds. The third kappa shape index (κ3) is 3.94. The summed E-state index contributed by atoms with van der Waals surface area (Å²) in [6.07, 6.45) is 5.64. The zero-order valence-corrected chi connectivity index (χ0v) is 18.7. The van der Waals surface area contributed by atoms with Crippen molar-refractivity contribution in [3.8, 4) is 34.1 Å². The van der Waals surface area contributed by atoms with Crippen LogP contribution in [0.4, 0.5) is 0 Å². The van der Waals surface area contributed by atoms with E-state index < -0.39 is 0 Å². The van der Waals surface area contributed by atoms with Gasteiger partial charge in [0.1, 0.15) is 23.2 Å². The highest BCUT2D eigenvalue weighted by Crippen LogP contribution is 2.38. The SMILES string of the molecule is Cc1nnc(COc2nc3c(-c4cn(C)nc4-c4ccccc4)ncnc3cc2OC2CC2)o1. The summed E-state index contributed by atoms with van der Waals surface area (Å²) in [4.78, 5) is 13.8. The first-order valence-corrected chi connectivity index (χ1v) is 11.0. The fraction of sp³-hybridized carbons (Fsp3) is 0.250. The lowest BCUT2D eigenvalue weighted by atomic mass is 10.0. The maximum Gasteiger partial charge on any atom is 0.258 e. The number of aromatic nitrogens is 7. The van der Waals surface area contributed by atoms with E-state index in [4.69, 9.17) is 18.9 Å². The van der Waals surface area contributed by atoms with Crippen molar-refractivity contribution in [1.29, 1.82) is 0 Å². The van der Waals surface area contributed by atoms with Gasteiger partial charge in [-0.25, -0.2) is 15.0 Å². The lowest BCUT2D eigenvalue weighted by molar-refractivity contribution is 0.225. The summed E-state index contributed by atoms with van der Waals surface area (Å²) < 4.78 is 19.2. The topological polar surface area (TPSA) is 114 Å². The lowest BCUT2D eigenvalue weighted by Crippen LogP contribution is -2.05. The summed E-state index contributed by atoms with van der Waals surface area (Å²) in [5.74, 6) is 1.70. The van der Waals surface area contributed by atoms with Crippen molar-refractivity contribution in [3.05, 3.63) is 60.7 Å². The number of rotatable bonds is 7. The van der Waals surface area contributed by atoms with Gasteiger partial charge in [-0.2, -0.15) is 5.10 Å². The summed E-state index contributed by atoms with van der Waals surface area (Å²) in [5.41, 5.74) is 4.56. The standard InChI is InChI=1S/C24H21N7O3/c1-14-28-29-20(33-14)12-32-24-19(34-16-8-9-16)10-18-23(27-24)22(26-13-25-18)17-11-31(2)30-21(17)15-6-4-3-5-7-15/h3-7,10-11,13,16H,8-9,12H2,1-2H3. The molecule has 0 aliphatic heterocycles. The molecule has 0 N–H and O–H groups in total. The Morgan fingerprint density at radius 2 is 1.94 bits per heavy atom. The van der Waals surface area contributed by atoms with Gasteiger partial charge in [0.05, 0.1) is 11.6 Å². The summed E-state index contributed by atoms with van der Waals surface area (Å²) in [6.45, 7) is 1.81. The Labute approximate surface area is 194 Å². The molecule has 1 aromatic carbocycles. The molecular formula is C24H21N7O3. The van der Waals surface area contributed by atoms with E-state index in [-0.39, 0.29) is 12.7 Å². The number of ether oxygens (including phenoxy) is 2. The molecule has 10 nitrogen and oxygen atoms in total. The van der Waals surface area contributed by atoms with Crippen LogP contribution in [0.1, 0.15) is 24.6 Å². The highest BCUT2D eigenvalue weighted by atomic mass is 16.5. The summed E-state index contributed by atoms with van der Waals surface area (Å²) in [7, 11) is 1.88. The smallest absolute Gasteiger partial charge is 0.258 e. The van der Waals surface area contributed by atoms with Crippen molar-refractivity contribution in [1.82, 2.24) is 34.9 Å². The molecule has 34 heavy (non-hydrogen) atoms. The Hall–Kier alpha value is -4.34. The Bertz CT molecular complexity index is 1480. The average Bonchev–Trinajstić information content (AvgIpc) is 3.43. The van der Waals surface area contributed by atoms with Gasteiger partial charge in [0.2, 0.25) is 5.89 Å². The molecule has 0 spiro atoms. The zero-order chi connectivity index (χ0) is 23.1. The monoisotopic (exact) mass is 455 g/mol. The van der Waals surface area contributed by atoms with E-state index in [1.54, 1.807) is 11.6 Å². The lowest BCUT2D eigenvalue weighted by Gasteiger charge is -2.13. The van der Waals surface area contributed by atoms with Crippen molar-refractivity contribution in [3.63, 3.8) is 0 Å². The number of aryl methyl sites for hydroxylation is 2. The number of benzene rings is 1. The van der Waals surface area contributed by atoms with Crippen LogP contribution in [0, 0.1) is 6.92 Å². The third-order valence-corrected chi connectivity index (χ3v) is 5.39. The van der Waals surface area contributed by atoms with Gasteiger partial charge in [0.25, 0.3) is 11.8 Å². The van der Waals surface area contributed by atoms with Crippen molar-refractivity contribution < 1.29 is 13.9 Å². The molecule has 4 heterocycles. The van der Waals surface area contributed by atoms with E-state index in [1.165, 1.54) is 6.33 Å². The van der Waals surface area contributed by atoms with E-state index in [2.05, 4.69) is 25.3 Å².